The van der Waals surface area contributed by atoms with Crippen LogP contribution in [0.5, 0.6) is 0 Å². The molecule has 4 N–H and O–H groups in total. The molecule has 21 heavy (non-hydrogen) atoms. The molecule has 0 aliphatic carbocycles. The first-order valence-corrected chi connectivity index (χ1v) is 7.51. The van der Waals surface area contributed by atoms with E-state index in [1.807, 2.05) is 6.07 Å². The van der Waals surface area contributed by atoms with E-state index in [0.29, 0.717) is 17.3 Å². The predicted octanol–water partition coefficient (Wildman–Crippen LogP) is 2.16. The lowest BCUT2D eigenvalue weighted by molar-refractivity contribution is 0.0963. The number of nitrogen functional groups attached to an aromatic ring is 1. The van der Waals surface area contributed by atoms with E-state index in [4.69, 9.17) is 5.73 Å². The van der Waals surface area contributed by atoms with Crippen LogP contribution in [0, 0.1) is 0 Å². The molecule has 0 heterocycles. The maximum Gasteiger partial charge on any atom is 0.251 e. The Morgan fingerprint density at radius 2 is 2.05 bits per heavy atom. The highest BCUT2D eigenvalue weighted by atomic mass is 16.1. The van der Waals surface area contributed by atoms with Gasteiger partial charge in [0, 0.05) is 25.2 Å². The van der Waals surface area contributed by atoms with Gasteiger partial charge in [0.25, 0.3) is 5.91 Å². The number of benzene rings is 1. The van der Waals surface area contributed by atoms with E-state index in [1.54, 1.807) is 19.2 Å². The average Bonchev–Trinajstić information content (AvgIpc) is 2.47. The van der Waals surface area contributed by atoms with Gasteiger partial charge < -0.3 is 21.3 Å². The van der Waals surface area contributed by atoms with Crippen LogP contribution in [0.25, 0.3) is 0 Å². The number of amides is 1. The lowest BCUT2D eigenvalue weighted by Gasteiger charge is -2.20. The van der Waals surface area contributed by atoms with E-state index in [2.05, 4.69) is 36.4 Å². The van der Waals surface area contributed by atoms with E-state index < -0.39 is 0 Å². The van der Waals surface area contributed by atoms with E-state index in [0.717, 1.165) is 31.6 Å². The van der Waals surface area contributed by atoms with Gasteiger partial charge in [-0.3, -0.25) is 4.79 Å². The maximum absolute atomic E-state index is 11.5. The lowest BCUT2D eigenvalue weighted by Crippen LogP contribution is -2.27. The number of nitrogens with one attached hydrogen (secondary N) is 2. The molecule has 1 rings (SSSR count). The summed E-state index contributed by atoms with van der Waals surface area (Å²) in [6.07, 6.45) is 2.24. The summed E-state index contributed by atoms with van der Waals surface area (Å²) in [5.74, 6) is -0.120. The molecule has 5 heteroatoms. The number of carbonyl (C=O) groups is 1. The second-order valence-electron chi connectivity index (χ2n) is 5.59. The van der Waals surface area contributed by atoms with Crippen LogP contribution in [0.3, 0.4) is 0 Å². The van der Waals surface area contributed by atoms with Crippen LogP contribution < -0.4 is 16.4 Å². The van der Waals surface area contributed by atoms with Crippen molar-refractivity contribution in [2.45, 2.75) is 32.7 Å². The van der Waals surface area contributed by atoms with Crippen molar-refractivity contribution in [3.63, 3.8) is 0 Å². The van der Waals surface area contributed by atoms with Gasteiger partial charge in [-0.2, -0.15) is 0 Å². The van der Waals surface area contributed by atoms with Gasteiger partial charge in [-0.15, -0.1) is 0 Å². The molecular weight excluding hydrogens is 264 g/mol. The Bertz CT molecular complexity index is 460. The summed E-state index contributed by atoms with van der Waals surface area (Å²) < 4.78 is 0. The maximum atomic E-state index is 11.5. The number of rotatable bonds is 8. The molecular formula is C16H28N4O. The second-order valence-corrected chi connectivity index (χ2v) is 5.59. The Labute approximate surface area is 127 Å². The van der Waals surface area contributed by atoms with Crippen molar-refractivity contribution in [1.29, 1.82) is 0 Å². The normalized spacial score (nSPS) is 11.0. The largest absolute Gasteiger partial charge is 0.397 e. The van der Waals surface area contributed by atoms with Crippen molar-refractivity contribution < 1.29 is 4.79 Å². The molecule has 1 aromatic rings. The molecule has 0 saturated heterocycles. The van der Waals surface area contributed by atoms with E-state index in [1.165, 1.54) is 0 Å². The zero-order valence-electron chi connectivity index (χ0n) is 13.6. The number of hydrogen-bond acceptors (Lipinski definition) is 4. The SMILES string of the molecule is CNC(=O)c1ccc(NCCCCN(C)C(C)C)c(N)c1. The fourth-order valence-electron chi connectivity index (χ4n) is 1.98. The Morgan fingerprint density at radius 1 is 1.33 bits per heavy atom. The van der Waals surface area contributed by atoms with Gasteiger partial charge in [0.05, 0.1) is 11.4 Å². The number of anilines is 2. The van der Waals surface area contributed by atoms with Crippen LogP contribution in [-0.2, 0) is 0 Å². The van der Waals surface area contributed by atoms with Crippen molar-refractivity contribution in [3.8, 4) is 0 Å². The Morgan fingerprint density at radius 3 is 2.62 bits per heavy atom. The minimum Gasteiger partial charge on any atom is -0.397 e. The van der Waals surface area contributed by atoms with Crippen LogP contribution in [0.15, 0.2) is 18.2 Å². The number of nitrogens with zero attached hydrogens (tertiary/aromatic N) is 1. The molecule has 1 amide bonds. The zero-order chi connectivity index (χ0) is 15.8. The van der Waals surface area contributed by atoms with Gasteiger partial charge >= 0.3 is 0 Å². The predicted molar refractivity (Wildman–Crippen MR) is 89.7 cm³/mol. The van der Waals surface area contributed by atoms with Gasteiger partial charge in [0.15, 0.2) is 0 Å². The fraction of sp³-hybridized carbons (Fsp3) is 0.562. The average molecular weight is 292 g/mol. The first kappa shape index (κ1) is 17.3. The van der Waals surface area contributed by atoms with Crippen molar-refractivity contribution in [2.75, 3.05) is 38.2 Å². The van der Waals surface area contributed by atoms with Crippen LogP contribution in [0.4, 0.5) is 11.4 Å². The van der Waals surface area contributed by atoms with E-state index >= 15 is 0 Å². The Kier molecular flexibility index (Phi) is 7.02. The highest BCUT2D eigenvalue weighted by Crippen LogP contribution is 2.19. The van der Waals surface area contributed by atoms with Crippen molar-refractivity contribution >= 4 is 17.3 Å². The van der Waals surface area contributed by atoms with Crippen LogP contribution in [-0.4, -0.2) is 44.0 Å². The molecule has 0 spiro atoms. The van der Waals surface area contributed by atoms with E-state index in [9.17, 15) is 4.79 Å². The molecule has 0 radical (unpaired) electrons. The Balaban J connectivity index is 2.37. The number of carbonyl (C=O) groups excluding carboxylic acids is 1. The quantitative estimate of drug-likeness (QED) is 0.507. The van der Waals surface area contributed by atoms with Crippen molar-refractivity contribution in [3.05, 3.63) is 23.8 Å². The first-order chi connectivity index (χ1) is 9.95. The van der Waals surface area contributed by atoms with Crippen LogP contribution in [0.1, 0.15) is 37.0 Å². The topological polar surface area (TPSA) is 70.4 Å². The zero-order valence-corrected chi connectivity index (χ0v) is 13.6. The minimum absolute atomic E-state index is 0.120. The summed E-state index contributed by atoms with van der Waals surface area (Å²) in [4.78, 5) is 13.8. The number of unbranched alkanes of at least 4 members (excludes halogenated alkanes) is 1. The molecule has 0 aliphatic heterocycles. The molecule has 0 saturated carbocycles. The summed E-state index contributed by atoms with van der Waals surface area (Å²) in [5, 5.41) is 5.91. The van der Waals surface area contributed by atoms with Gasteiger partial charge in [-0.1, -0.05) is 0 Å². The molecule has 0 atom stereocenters. The molecule has 0 aliphatic rings. The fourth-order valence-corrected chi connectivity index (χ4v) is 1.98. The summed E-state index contributed by atoms with van der Waals surface area (Å²) in [6, 6.07) is 5.93. The summed E-state index contributed by atoms with van der Waals surface area (Å²) >= 11 is 0. The van der Waals surface area contributed by atoms with Crippen LogP contribution >= 0.6 is 0 Å². The van der Waals surface area contributed by atoms with Crippen LogP contribution in [0.2, 0.25) is 0 Å². The summed E-state index contributed by atoms with van der Waals surface area (Å²) in [6.45, 7) is 6.39. The number of hydrogen-bond donors (Lipinski definition) is 3. The smallest absolute Gasteiger partial charge is 0.251 e. The number of nitrogens with two attached hydrogens (primary N) is 1. The van der Waals surface area contributed by atoms with Gasteiger partial charge in [-0.05, 0) is 58.5 Å². The van der Waals surface area contributed by atoms with Gasteiger partial charge in [-0.25, -0.2) is 0 Å². The summed E-state index contributed by atoms with van der Waals surface area (Å²) in [5.41, 5.74) is 8.04. The van der Waals surface area contributed by atoms with Crippen molar-refractivity contribution in [2.24, 2.45) is 0 Å². The second kappa shape index (κ2) is 8.52. The standard InChI is InChI=1S/C16H28N4O/c1-12(2)20(4)10-6-5-9-19-15-8-7-13(11-14(15)17)16(21)18-3/h7-8,11-12,19H,5-6,9-10,17H2,1-4H3,(H,18,21). The van der Waals surface area contributed by atoms with Gasteiger partial charge in [0.1, 0.15) is 0 Å². The molecule has 1 aromatic carbocycles. The highest BCUT2D eigenvalue weighted by Gasteiger charge is 2.06. The van der Waals surface area contributed by atoms with Gasteiger partial charge in [0.2, 0.25) is 0 Å². The van der Waals surface area contributed by atoms with E-state index in [-0.39, 0.29) is 5.91 Å². The lowest BCUT2D eigenvalue weighted by atomic mass is 10.1. The molecule has 118 valence electrons. The highest BCUT2D eigenvalue weighted by molar-refractivity contribution is 5.95. The third-order valence-corrected chi connectivity index (χ3v) is 3.68. The molecule has 5 nitrogen and oxygen atoms in total. The minimum atomic E-state index is -0.120. The third kappa shape index (κ3) is 5.63. The monoisotopic (exact) mass is 292 g/mol. The molecule has 0 unspecified atom stereocenters. The summed E-state index contributed by atoms with van der Waals surface area (Å²) in [7, 11) is 3.76. The van der Waals surface area contributed by atoms with Crippen molar-refractivity contribution in [1.82, 2.24) is 10.2 Å². The molecule has 0 fully saturated rings. The molecule has 0 aromatic heterocycles. The Hall–Kier alpha value is -1.75. The third-order valence-electron chi connectivity index (χ3n) is 3.68. The molecule has 0 bridgehead atoms. The first-order valence-electron chi connectivity index (χ1n) is 7.51.